The summed E-state index contributed by atoms with van der Waals surface area (Å²) in [5.41, 5.74) is 3.30. The van der Waals surface area contributed by atoms with Gasteiger partial charge in [0, 0.05) is 11.1 Å². The fourth-order valence-corrected chi connectivity index (χ4v) is 2.31. The molecule has 0 aliphatic rings. The van der Waals surface area contributed by atoms with Crippen molar-refractivity contribution in [3.63, 3.8) is 0 Å². The van der Waals surface area contributed by atoms with Gasteiger partial charge in [-0.25, -0.2) is 0 Å². The number of nitriles is 1. The molecule has 2 rings (SSSR count). The second kappa shape index (κ2) is 9.33. The first kappa shape index (κ1) is 18.3. The largest absolute Gasteiger partial charge is 0.490 e. The van der Waals surface area contributed by atoms with Gasteiger partial charge in [-0.3, -0.25) is 0 Å². The quantitative estimate of drug-likeness (QED) is 0.534. The van der Waals surface area contributed by atoms with Crippen molar-refractivity contribution < 1.29 is 14.3 Å². The monoisotopic (exact) mass is 338 g/mol. The zero-order chi connectivity index (χ0) is 18.1. The van der Waals surface area contributed by atoms with Gasteiger partial charge in [0.05, 0.1) is 31.1 Å². The van der Waals surface area contributed by atoms with Crippen LogP contribution in [0.2, 0.25) is 0 Å². The van der Waals surface area contributed by atoms with Gasteiger partial charge < -0.3 is 14.3 Å². The van der Waals surface area contributed by atoms with Crippen molar-refractivity contribution >= 4 is 6.21 Å². The summed E-state index contributed by atoms with van der Waals surface area (Å²) in [4.78, 5) is 5.34. The summed E-state index contributed by atoms with van der Waals surface area (Å²) in [7, 11) is 0. The highest BCUT2D eigenvalue weighted by Gasteiger charge is 2.09. The number of aryl methyl sites for hydroxylation is 1. The lowest BCUT2D eigenvalue weighted by Gasteiger charge is -2.13. The summed E-state index contributed by atoms with van der Waals surface area (Å²) in [6.07, 6.45) is 1.64. The molecule has 0 amide bonds. The third kappa shape index (κ3) is 4.98. The number of benzene rings is 2. The molecule has 0 saturated heterocycles. The number of rotatable bonds is 8. The van der Waals surface area contributed by atoms with E-state index in [1.165, 1.54) is 0 Å². The summed E-state index contributed by atoms with van der Waals surface area (Å²) in [6, 6.07) is 13.3. The van der Waals surface area contributed by atoms with Crippen LogP contribution in [0.1, 0.15) is 36.1 Å². The van der Waals surface area contributed by atoms with E-state index in [4.69, 9.17) is 19.6 Å². The Bertz CT molecular complexity index is 779. The summed E-state index contributed by atoms with van der Waals surface area (Å²) >= 11 is 0. The van der Waals surface area contributed by atoms with Gasteiger partial charge in [-0.2, -0.15) is 5.26 Å². The van der Waals surface area contributed by atoms with Crippen LogP contribution in [-0.2, 0) is 11.4 Å². The summed E-state index contributed by atoms with van der Waals surface area (Å²) in [6.45, 7) is 7.22. The molecule has 0 heterocycles. The Hall–Kier alpha value is -3.00. The van der Waals surface area contributed by atoms with Gasteiger partial charge in [0.2, 0.25) is 0 Å². The number of ether oxygens (including phenoxy) is 2. The molecule has 0 bridgehead atoms. The van der Waals surface area contributed by atoms with Crippen molar-refractivity contribution in [2.45, 2.75) is 27.4 Å². The Kier molecular flexibility index (Phi) is 6.85. The van der Waals surface area contributed by atoms with Gasteiger partial charge in [-0.1, -0.05) is 23.4 Å². The Balaban J connectivity index is 2.10. The molecule has 0 atom stereocenters. The lowest BCUT2D eigenvalue weighted by molar-refractivity contribution is 0.132. The van der Waals surface area contributed by atoms with Crippen LogP contribution in [0.5, 0.6) is 11.5 Å². The van der Waals surface area contributed by atoms with Crippen LogP contribution >= 0.6 is 0 Å². The molecule has 5 nitrogen and oxygen atoms in total. The van der Waals surface area contributed by atoms with Gasteiger partial charge in [0.25, 0.3) is 0 Å². The highest BCUT2D eigenvalue weighted by atomic mass is 16.6. The van der Waals surface area contributed by atoms with Gasteiger partial charge in [0.15, 0.2) is 11.5 Å². The normalized spacial score (nSPS) is 10.5. The van der Waals surface area contributed by atoms with Crippen LogP contribution in [0, 0.1) is 18.3 Å². The van der Waals surface area contributed by atoms with Gasteiger partial charge in [-0.05, 0) is 44.5 Å². The maximum atomic E-state index is 9.07. The molecule has 2 aromatic carbocycles. The Morgan fingerprint density at radius 1 is 1.08 bits per heavy atom. The molecule has 0 unspecified atom stereocenters. The van der Waals surface area contributed by atoms with Crippen LogP contribution in [0.25, 0.3) is 0 Å². The number of hydrogen-bond acceptors (Lipinski definition) is 5. The van der Waals surface area contributed by atoms with Crippen molar-refractivity contribution in [2.75, 3.05) is 13.2 Å². The highest BCUT2D eigenvalue weighted by molar-refractivity contribution is 5.82. The maximum Gasteiger partial charge on any atom is 0.161 e. The number of oxime groups is 1. The van der Waals surface area contributed by atoms with Gasteiger partial charge in [-0.15, -0.1) is 0 Å². The first-order valence-corrected chi connectivity index (χ1v) is 8.23. The molecule has 130 valence electrons. The van der Waals surface area contributed by atoms with E-state index in [9.17, 15) is 0 Å². The first-order valence-electron chi connectivity index (χ1n) is 8.23. The van der Waals surface area contributed by atoms with E-state index in [1.54, 1.807) is 12.3 Å². The van der Waals surface area contributed by atoms with Crippen molar-refractivity contribution in [1.29, 1.82) is 5.26 Å². The average molecular weight is 338 g/mol. The van der Waals surface area contributed by atoms with E-state index < -0.39 is 0 Å². The first-order chi connectivity index (χ1) is 12.2. The molecule has 0 N–H and O–H groups in total. The molecule has 2 aromatic rings. The Labute approximate surface area is 148 Å². The van der Waals surface area contributed by atoms with Crippen LogP contribution in [-0.4, -0.2) is 19.4 Å². The third-order valence-corrected chi connectivity index (χ3v) is 3.56. The van der Waals surface area contributed by atoms with Crippen molar-refractivity contribution in [2.24, 2.45) is 5.16 Å². The van der Waals surface area contributed by atoms with Crippen LogP contribution in [0.3, 0.4) is 0 Å². The van der Waals surface area contributed by atoms with Crippen LogP contribution in [0.15, 0.2) is 41.6 Å². The van der Waals surface area contributed by atoms with Crippen LogP contribution in [0.4, 0.5) is 0 Å². The minimum atomic E-state index is 0.245. The topological polar surface area (TPSA) is 63.8 Å². The minimum absolute atomic E-state index is 0.245. The fraction of sp³-hybridized carbons (Fsp3) is 0.300. The molecule has 25 heavy (non-hydrogen) atoms. The Morgan fingerprint density at radius 2 is 1.76 bits per heavy atom. The van der Waals surface area contributed by atoms with Crippen LogP contribution < -0.4 is 9.47 Å². The van der Waals surface area contributed by atoms with Gasteiger partial charge in [0.1, 0.15) is 6.61 Å². The summed E-state index contributed by atoms with van der Waals surface area (Å²) in [5, 5.41) is 13.1. The minimum Gasteiger partial charge on any atom is -0.490 e. The lowest BCUT2D eigenvalue weighted by atomic mass is 10.1. The zero-order valence-electron chi connectivity index (χ0n) is 14.8. The molecule has 0 spiro atoms. The molecule has 0 fully saturated rings. The van der Waals surface area contributed by atoms with Crippen molar-refractivity contribution in [3.8, 4) is 17.6 Å². The SMILES string of the molecule is CCOc1cc(C)c(/C=N\OCc2ccccc2C#N)cc1OCC. The second-order valence-corrected chi connectivity index (χ2v) is 5.30. The lowest BCUT2D eigenvalue weighted by Crippen LogP contribution is -2.01. The molecule has 0 saturated carbocycles. The Morgan fingerprint density at radius 3 is 2.44 bits per heavy atom. The zero-order valence-corrected chi connectivity index (χ0v) is 14.8. The fourth-order valence-electron chi connectivity index (χ4n) is 2.31. The molecule has 0 aliphatic heterocycles. The molecular weight excluding hydrogens is 316 g/mol. The van der Waals surface area contributed by atoms with E-state index in [0.29, 0.717) is 24.5 Å². The summed E-state index contributed by atoms with van der Waals surface area (Å²) in [5.74, 6) is 1.41. The molecule has 0 aliphatic carbocycles. The molecular formula is C20H22N2O3. The summed E-state index contributed by atoms with van der Waals surface area (Å²) < 4.78 is 11.2. The van der Waals surface area contributed by atoms with E-state index in [1.807, 2.05) is 51.1 Å². The third-order valence-electron chi connectivity index (χ3n) is 3.56. The number of hydrogen-bond donors (Lipinski definition) is 0. The van der Waals surface area contributed by atoms with E-state index >= 15 is 0 Å². The van der Waals surface area contributed by atoms with Crippen molar-refractivity contribution in [3.05, 3.63) is 58.7 Å². The second-order valence-electron chi connectivity index (χ2n) is 5.30. The van der Waals surface area contributed by atoms with E-state index in [-0.39, 0.29) is 6.61 Å². The van der Waals surface area contributed by atoms with E-state index in [0.717, 1.165) is 22.4 Å². The smallest absolute Gasteiger partial charge is 0.161 e. The molecule has 0 aromatic heterocycles. The highest BCUT2D eigenvalue weighted by Crippen LogP contribution is 2.30. The van der Waals surface area contributed by atoms with Crippen molar-refractivity contribution in [1.82, 2.24) is 0 Å². The predicted octanol–water partition coefficient (Wildman–Crippen LogP) is 4.21. The molecule has 5 heteroatoms. The predicted molar refractivity (Wildman–Crippen MR) is 97.1 cm³/mol. The van der Waals surface area contributed by atoms with Gasteiger partial charge >= 0.3 is 0 Å². The maximum absolute atomic E-state index is 9.07. The number of nitrogens with zero attached hydrogens (tertiary/aromatic N) is 2. The standard InChI is InChI=1S/C20H22N2O3/c1-4-23-19-10-15(3)18(11-20(19)24-5-2)13-22-25-14-17-9-7-6-8-16(17)12-21/h6-11,13H,4-5,14H2,1-3H3/b22-13-. The van der Waals surface area contributed by atoms with E-state index in [2.05, 4.69) is 11.2 Å². The molecule has 0 radical (unpaired) electrons. The average Bonchev–Trinajstić information content (AvgIpc) is 2.62.